The molecule has 0 spiro atoms. The number of esters is 1. The lowest BCUT2D eigenvalue weighted by molar-refractivity contribution is -0.134. The van der Waals surface area contributed by atoms with Crippen LogP contribution in [0.3, 0.4) is 0 Å². The molecule has 0 N–H and O–H groups in total. The van der Waals surface area contributed by atoms with Crippen LogP contribution in [0.2, 0.25) is 0 Å². The summed E-state index contributed by atoms with van der Waals surface area (Å²) < 4.78 is 7.47. The monoisotopic (exact) mass is 418 g/mol. The fourth-order valence-corrected chi connectivity index (χ4v) is 3.62. The molecule has 6 nitrogen and oxygen atoms in total. The number of rotatable bonds is 6. The van der Waals surface area contributed by atoms with Crippen LogP contribution in [-0.4, -0.2) is 47.3 Å². The van der Waals surface area contributed by atoms with Crippen LogP contribution in [0.4, 0.5) is 0 Å². The Morgan fingerprint density at radius 1 is 1.35 bits per heavy atom. The maximum atomic E-state index is 12.5. The lowest BCUT2D eigenvalue weighted by Gasteiger charge is -2.38. The number of amides is 1. The Labute approximate surface area is 159 Å². The molecule has 26 heavy (non-hydrogen) atoms. The number of nitrogens with zero attached hydrogens (tertiary/aromatic N) is 2. The quantitative estimate of drug-likeness (QED) is 0.534. The summed E-state index contributed by atoms with van der Waals surface area (Å²) in [5, 5.41) is 0.741. The molecule has 2 aromatic rings. The molecule has 0 saturated carbocycles. The molecule has 3 rings (SSSR count). The third-order valence-electron chi connectivity index (χ3n) is 4.55. The van der Waals surface area contributed by atoms with Gasteiger partial charge in [-0.3, -0.25) is 9.59 Å². The van der Waals surface area contributed by atoms with E-state index in [1.54, 1.807) is 15.7 Å². The van der Waals surface area contributed by atoms with Gasteiger partial charge in [0.05, 0.1) is 19.2 Å². The first-order chi connectivity index (χ1) is 12.4. The lowest BCUT2D eigenvalue weighted by atomic mass is 9.94. The van der Waals surface area contributed by atoms with E-state index in [1.807, 2.05) is 18.2 Å². The van der Waals surface area contributed by atoms with E-state index in [-0.39, 0.29) is 24.2 Å². The topological polar surface area (TPSA) is 68.6 Å². The fourth-order valence-electron chi connectivity index (χ4n) is 3.26. The van der Waals surface area contributed by atoms with Gasteiger partial charge in [0.25, 0.3) is 0 Å². The summed E-state index contributed by atoms with van der Waals surface area (Å²) >= 11 is 3.40. The Morgan fingerprint density at radius 3 is 2.73 bits per heavy atom. The van der Waals surface area contributed by atoms with Crippen LogP contribution < -0.4 is 0 Å². The van der Waals surface area contributed by atoms with Gasteiger partial charge in [0.1, 0.15) is 0 Å². The largest absolute Gasteiger partial charge is 0.465 e. The number of hydrogen-bond donors (Lipinski definition) is 0. The van der Waals surface area contributed by atoms with Crippen molar-refractivity contribution in [1.82, 2.24) is 9.47 Å². The van der Waals surface area contributed by atoms with E-state index in [1.165, 1.54) is 13.2 Å². The van der Waals surface area contributed by atoms with Gasteiger partial charge in [-0.15, -0.1) is 0 Å². The van der Waals surface area contributed by atoms with Crippen molar-refractivity contribution in [1.29, 1.82) is 0 Å². The van der Waals surface area contributed by atoms with Gasteiger partial charge in [0.15, 0.2) is 5.78 Å². The number of carbonyl (C=O) groups is 3. The van der Waals surface area contributed by atoms with E-state index < -0.39 is 5.97 Å². The molecule has 136 valence electrons. The zero-order valence-corrected chi connectivity index (χ0v) is 16.0. The average molecular weight is 419 g/mol. The van der Waals surface area contributed by atoms with Gasteiger partial charge in [-0.2, -0.15) is 0 Å². The van der Waals surface area contributed by atoms with Crippen LogP contribution in [0, 0.1) is 5.92 Å². The molecule has 0 radical (unpaired) electrons. The number of fused-ring (bicyclic) bond motifs is 1. The first-order valence-electron chi connectivity index (χ1n) is 8.22. The molecular weight excluding hydrogens is 400 g/mol. The molecule has 1 aromatic carbocycles. The van der Waals surface area contributed by atoms with Crippen molar-refractivity contribution in [3.8, 4) is 0 Å². The van der Waals surface area contributed by atoms with E-state index in [4.69, 9.17) is 4.74 Å². The summed E-state index contributed by atoms with van der Waals surface area (Å²) in [6, 6.07) is 5.58. The first kappa shape index (κ1) is 18.4. The molecule has 7 heteroatoms. The number of aromatic nitrogens is 1. The fraction of sp³-hybridized carbons (Fsp3) is 0.316. The van der Waals surface area contributed by atoms with E-state index in [0.29, 0.717) is 25.1 Å². The molecule has 1 saturated heterocycles. The van der Waals surface area contributed by atoms with Crippen LogP contribution in [0.5, 0.6) is 0 Å². The molecule has 1 fully saturated rings. The number of ether oxygens (including phenoxy) is 1. The lowest BCUT2D eigenvalue weighted by Crippen LogP contribution is -2.50. The van der Waals surface area contributed by atoms with Crippen molar-refractivity contribution in [2.45, 2.75) is 13.0 Å². The molecule has 1 amide bonds. The van der Waals surface area contributed by atoms with Crippen LogP contribution in [0.1, 0.15) is 16.8 Å². The van der Waals surface area contributed by atoms with E-state index in [0.717, 1.165) is 15.4 Å². The number of methoxy groups -OCH3 is 1. The number of halogens is 1. The SMILES string of the molecule is C=CC(=O)N1CC(CC(=O)Cn2cc(C(=O)OC)c3cc(Br)ccc32)C1. The van der Waals surface area contributed by atoms with Crippen molar-refractivity contribution in [3.05, 3.63) is 47.1 Å². The third-order valence-corrected chi connectivity index (χ3v) is 5.05. The maximum absolute atomic E-state index is 12.5. The number of Topliss-reactive ketones (excluding diaryl/α,β-unsaturated/α-hetero) is 1. The van der Waals surface area contributed by atoms with Crippen molar-refractivity contribution < 1.29 is 19.1 Å². The molecule has 1 aliphatic rings. The maximum Gasteiger partial charge on any atom is 0.340 e. The minimum absolute atomic E-state index is 0.0666. The average Bonchev–Trinajstić information content (AvgIpc) is 2.93. The van der Waals surface area contributed by atoms with Crippen LogP contribution in [0.25, 0.3) is 10.9 Å². The van der Waals surface area contributed by atoms with Gasteiger partial charge in [0.2, 0.25) is 5.91 Å². The minimum Gasteiger partial charge on any atom is -0.465 e. The molecule has 1 aliphatic heterocycles. The summed E-state index contributed by atoms with van der Waals surface area (Å²) in [6.07, 6.45) is 3.36. The molecule has 0 bridgehead atoms. The number of hydrogen-bond acceptors (Lipinski definition) is 4. The van der Waals surface area contributed by atoms with Gasteiger partial charge in [-0.1, -0.05) is 22.5 Å². The van der Waals surface area contributed by atoms with E-state index in [2.05, 4.69) is 22.5 Å². The van der Waals surface area contributed by atoms with Gasteiger partial charge < -0.3 is 14.2 Å². The molecule has 1 aromatic heterocycles. The van der Waals surface area contributed by atoms with E-state index >= 15 is 0 Å². The Kier molecular flexibility index (Phi) is 5.27. The number of benzene rings is 1. The van der Waals surface area contributed by atoms with Gasteiger partial charge in [-0.25, -0.2) is 4.79 Å². The summed E-state index contributed by atoms with van der Waals surface area (Å²) in [7, 11) is 1.33. The summed E-state index contributed by atoms with van der Waals surface area (Å²) in [4.78, 5) is 37.6. The van der Waals surface area contributed by atoms with Crippen LogP contribution in [-0.2, 0) is 20.9 Å². The number of carbonyl (C=O) groups excluding carboxylic acids is 3. The van der Waals surface area contributed by atoms with Gasteiger partial charge in [-0.05, 0) is 24.3 Å². The zero-order chi connectivity index (χ0) is 18.8. The molecule has 2 heterocycles. The smallest absolute Gasteiger partial charge is 0.340 e. The molecule has 0 unspecified atom stereocenters. The highest BCUT2D eigenvalue weighted by molar-refractivity contribution is 9.10. The van der Waals surface area contributed by atoms with Crippen LogP contribution in [0.15, 0.2) is 41.5 Å². The third kappa shape index (κ3) is 3.58. The van der Waals surface area contributed by atoms with Crippen molar-refractivity contribution in [2.24, 2.45) is 5.92 Å². The molecular formula is C19H19BrN2O4. The summed E-state index contributed by atoms with van der Waals surface area (Å²) in [6.45, 7) is 4.82. The highest BCUT2D eigenvalue weighted by Crippen LogP contribution is 2.27. The van der Waals surface area contributed by atoms with Crippen LogP contribution >= 0.6 is 15.9 Å². The molecule has 0 aliphatic carbocycles. The standard InChI is InChI=1S/C19H19BrN2O4/c1-3-18(24)22-8-12(9-22)6-14(23)10-21-11-16(19(25)26-2)15-7-13(20)4-5-17(15)21/h3-5,7,11-12H,1,6,8-10H2,2H3. The molecule has 0 atom stereocenters. The zero-order valence-electron chi connectivity index (χ0n) is 14.4. The summed E-state index contributed by atoms with van der Waals surface area (Å²) in [5.74, 6) is -0.283. The van der Waals surface area contributed by atoms with Crippen molar-refractivity contribution in [3.63, 3.8) is 0 Å². The number of likely N-dealkylation sites (tertiary alicyclic amines) is 1. The van der Waals surface area contributed by atoms with E-state index in [9.17, 15) is 14.4 Å². The first-order valence-corrected chi connectivity index (χ1v) is 9.02. The normalized spacial score (nSPS) is 14.2. The second kappa shape index (κ2) is 7.45. The second-order valence-electron chi connectivity index (χ2n) is 6.38. The Hall–Kier alpha value is -2.41. The Balaban J connectivity index is 1.73. The summed E-state index contributed by atoms with van der Waals surface area (Å²) in [5.41, 5.74) is 1.24. The predicted octanol–water partition coefficient (Wildman–Crippen LogP) is 2.79. The highest BCUT2D eigenvalue weighted by atomic mass is 79.9. The minimum atomic E-state index is -0.433. The Morgan fingerprint density at radius 2 is 2.08 bits per heavy atom. The van der Waals surface area contributed by atoms with Gasteiger partial charge in [0, 0.05) is 47.0 Å². The second-order valence-corrected chi connectivity index (χ2v) is 7.30. The van der Waals surface area contributed by atoms with Crippen molar-refractivity contribution in [2.75, 3.05) is 20.2 Å². The predicted molar refractivity (Wildman–Crippen MR) is 101 cm³/mol. The van der Waals surface area contributed by atoms with Gasteiger partial charge >= 0.3 is 5.97 Å². The van der Waals surface area contributed by atoms with Crippen molar-refractivity contribution >= 4 is 44.5 Å². The highest BCUT2D eigenvalue weighted by Gasteiger charge is 2.30. The Bertz CT molecular complexity index is 896. The number of ketones is 1.